The molecule has 0 radical (unpaired) electrons. The Labute approximate surface area is 145 Å². The van der Waals surface area contributed by atoms with Gasteiger partial charge in [0.05, 0.1) is 12.6 Å². The van der Waals surface area contributed by atoms with Crippen LogP contribution in [0.2, 0.25) is 0 Å². The van der Waals surface area contributed by atoms with Crippen LogP contribution in [0.15, 0.2) is 36.4 Å². The molecule has 0 aliphatic carbocycles. The number of alkyl halides is 2. The summed E-state index contributed by atoms with van der Waals surface area (Å²) in [4.78, 5) is 14.4. The number of amides is 1. The number of ether oxygens (including phenoxy) is 1. The second-order valence-electron chi connectivity index (χ2n) is 6.54. The Kier molecular flexibility index (Phi) is 5.13. The predicted molar refractivity (Wildman–Crippen MR) is 88.3 cm³/mol. The molecule has 2 atom stereocenters. The molecule has 0 spiro atoms. The van der Waals surface area contributed by atoms with Crippen LogP contribution in [0, 0.1) is 5.92 Å². The lowest BCUT2D eigenvalue weighted by Gasteiger charge is -2.39. The fourth-order valence-corrected chi connectivity index (χ4v) is 2.89. The lowest BCUT2D eigenvalue weighted by Crippen LogP contribution is -2.48. The molecule has 1 aromatic carbocycles. The molecule has 1 aromatic heterocycles. The van der Waals surface area contributed by atoms with E-state index in [0.717, 1.165) is 11.6 Å². The van der Waals surface area contributed by atoms with Crippen LogP contribution < -0.4 is 0 Å². The molecule has 1 saturated heterocycles. The number of aromatic nitrogens is 2. The first kappa shape index (κ1) is 17.5. The van der Waals surface area contributed by atoms with Crippen LogP contribution in [0.4, 0.5) is 8.78 Å². The highest BCUT2D eigenvalue weighted by atomic mass is 19.3. The number of aromatic amines is 1. The van der Waals surface area contributed by atoms with Gasteiger partial charge in [0, 0.05) is 6.54 Å². The van der Waals surface area contributed by atoms with Crippen molar-refractivity contribution in [1.82, 2.24) is 15.1 Å². The first-order chi connectivity index (χ1) is 12.0. The number of morpholine rings is 1. The smallest absolute Gasteiger partial charge is 0.279 e. The van der Waals surface area contributed by atoms with Gasteiger partial charge in [-0.15, -0.1) is 0 Å². The molecule has 5 nitrogen and oxygen atoms in total. The summed E-state index contributed by atoms with van der Waals surface area (Å²) < 4.78 is 31.6. The predicted octanol–water partition coefficient (Wildman–Crippen LogP) is 3.59. The van der Waals surface area contributed by atoms with Crippen molar-refractivity contribution in [3.05, 3.63) is 53.3 Å². The summed E-state index contributed by atoms with van der Waals surface area (Å²) in [6.45, 7) is 4.84. The third-order valence-corrected chi connectivity index (χ3v) is 4.38. The van der Waals surface area contributed by atoms with Crippen molar-refractivity contribution in [2.24, 2.45) is 5.92 Å². The molecule has 2 aromatic rings. The van der Waals surface area contributed by atoms with Crippen molar-refractivity contribution in [2.45, 2.75) is 32.5 Å². The lowest BCUT2D eigenvalue weighted by atomic mass is 10.0. The summed E-state index contributed by atoms with van der Waals surface area (Å²) in [5, 5.41) is 5.97. The van der Waals surface area contributed by atoms with Crippen LogP contribution in [-0.2, 0) is 4.74 Å². The van der Waals surface area contributed by atoms with Gasteiger partial charge < -0.3 is 9.64 Å². The van der Waals surface area contributed by atoms with Crippen LogP contribution in [0.5, 0.6) is 0 Å². The van der Waals surface area contributed by atoms with Gasteiger partial charge in [-0.1, -0.05) is 44.2 Å². The van der Waals surface area contributed by atoms with E-state index in [1.165, 1.54) is 0 Å². The lowest BCUT2D eigenvalue weighted by molar-refractivity contribution is -0.0955. The molecule has 25 heavy (non-hydrogen) atoms. The standard InChI is InChI=1S/C18H21F2N3O2/c1-11(2)15-9-23(10-16(25-15)12-6-4-3-5-7-12)18(24)14-8-13(17(19)20)21-22-14/h3-8,11,15-17H,9-10H2,1-2H3,(H,21,22)/t15-,16+/m1/s1. The van der Waals surface area contributed by atoms with Gasteiger partial charge in [-0.2, -0.15) is 5.10 Å². The van der Waals surface area contributed by atoms with Crippen LogP contribution in [-0.4, -0.2) is 40.2 Å². The zero-order chi connectivity index (χ0) is 18.0. The van der Waals surface area contributed by atoms with E-state index in [-0.39, 0.29) is 35.4 Å². The highest BCUT2D eigenvalue weighted by Gasteiger charge is 2.34. The van der Waals surface area contributed by atoms with E-state index in [4.69, 9.17) is 4.74 Å². The minimum atomic E-state index is -2.68. The largest absolute Gasteiger partial charge is 0.366 e. The molecule has 1 aliphatic heterocycles. The highest BCUT2D eigenvalue weighted by molar-refractivity contribution is 5.92. The number of rotatable bonds is 4. The number of benzene rings is 1. The number of hydrogen-bond donors (Lipinski definition) is 1. The van der Waals surface area contributed by atoms with Gasteiger partial charge in [-0.3, -0.25) is 9.89 Å². The zero-order valence-electron chi connectivity index (χ0n) is 14.2. The Morgan fingerprint density at radius 3 is 2.60 bits per heavy atom. The molecule has 1 aliphatic rings. The number of nitrogens with zero attached hydrogens (tertiary/aromatic N) is 2. The normalized spacial score (nSPS) is 21.1. The van der Waals surface area contributed by atoms with Crippen molar-refractivity contribution in [3.63, 3.8) is 0 Å². The van der Waals surface area contributed by atoms with Gasteiger partial charge in [0.2, 0.25) is 0 Å². The molecular weight excluding hydrogens is 328 g/mol. The van der Waals surface area contributed by atoms with Crippen molar-refractivity contribution in [3.8, 4) is 0 Å². The maximum atomic E-state index is 12.7. The average molecular weight is 349 g/mol. The molecule has 1 N–H and O–H groups in total. The Balaban J connectivity index is 1.82. The van der Waals surface area contributed by atoms with E-state index >= 15 is 0 Å². The first-order valence-corrected chi connectivity index (χ1v) is 8.29. The van der Waals surface area contributed by atoms with Gasteiger partial charge in [0.1, 0.15) is 11.8 Å². The van der Waals surface area contributed by atoms with Gasteiger partial charge in [-0.05, 0) is 17.5 Å². The SMILES string of the molecule is CC(C)[C@H]1CN(C(=O)c2cc(C(F)F)[nH]n2)C[C@@H](c2ccccc2)O1. The fourth-order valence-electron chi connectivity index (χ4n) is 2.89. The van der Waals surface area contributed by atoms with E-state index in [9.17, 15) is 13.6 Å². The number of nitrogens with one attached hydrogen (secondary N) is 1. The minimum Gasteiger partial charge on any atom is -0.366 e. The third-order valence-electron chi connectivity index (χ3n) is 4.38. The molecule has 0 bridgehead atoms. The molecule has 7 heteroatoms. The van der Waals surface area contributed by atoms with Crippen molar-refractivity contribution >= 4 is 5.91 Å². The van der Waals surface area contributed by atoms with Gasteiger partial charge in [0.25, 0.3) is 12.3 Å². The molecule has 3 rings (SSSR count). The maximum absolute atomic E-state index is 12.7. The second-order valence-corrected chi connectivity index (χ2v) is 6.54. The van der Waals surface area contributed by atoms with E-state index in [1.807, 2.05) is 44.2 Å². The topological polar surface area (TPSA) is 58.2 Å². The summed E-state index contributed by atoms with van der Waals surface area (Å²) in [7, 11) is 0. The average Bonchev–Trinajstić information content (AvgIpc) is 3.12. The number of hydrogen-bond acceptors (Lipinski definition) is 3. The van der Waals surface area contributed by atoms with Crippen molar-refractivity contribution < 1.29 is 18.3 Å². The van der Waals surface area contributed by atoms with Crippen molar-refractivity contribution in [1.29, 1.82) is 0 Å². The maximum Gasteiger partial charge on any atom is 0.279 e. The van der Waals surface area contributed by atoms with Gasteiger partial charge in [0.15, 0.2) is 5.69 Å². The molecule has 0 saturated carbocycles. The molecule has 1 amide bonds. The van der Waals surface area contributed by atoms with Gasteiger partial charge in [-0.25, -0.2) is 8.78 Å². The van der Waals surface area contributed by atoms with Crippen LogP contribution >= 0.6 is 0 Å². The molecule has 0 unspecified atom stereocenters. The van der Waals surface area contributed by atoms with Crippen LogP contribution in [0.1, 0.15) is 48.1 Å². The zero-order valence-corrected chi connectivity index (χ0v) is 14.2. The Morgan fingerprint density at radius 1 is 1.28 bits per heavy atom. The molecule has 1 fully saturated rings. The number of carbonyl (C=O) groups is 1. The van der Waals surface area contributed by atoms with E-state index in [1.54, 1.807) is 4.90 Å². The number of H-pyrrole nitrogens is 1. The summed E-state index contributed by atoms with van der Waals surface area (Å²) in [6, 6.07) is 10.8. The quantitative estimate of drug-likeness (QED) is 0.918. The van der Waals surface area contributed by atoms with E-state index in [0.29, 0.717) is 13.1 Å². The van der Waals surface area contributed by atoms with E-state index in [2.05, 4.69) is 10.2 Å². The monoisotopic (exact) mass is 349 g/mol. The Bertz CT molecular complexity index is 718. The summed E-state index contributed by atoms with van der Waals surface area (Å²) >= 11 is 0. The molecule has 134 valence electrons. The van der Waals surface area contributed by atoms with Crippen LogP contribution in [0.25, 0.3) is 0 Å². The van der Waals surface area contributed by atoms with Crippen molar-refractivity contribution in [2.75, 3.05) is 13.1 Å². The number of halogens is 2. The Hall–Kier alpha value is -2.28. The summed E-state index contributed by atoms with van der Waals surface area (Å²) in [5.74, 6) is -0.143. The van der Waals surface area contributed by atoms with Gasteiger partial charge >= 0.3 is 0 Å². The number of carbonyl (C=O) groups excluding carboxylic acids is 1. The third kappa shape index (κ3) is 3.87. The second kappa shape index (κ2) is 7.31. The molecular formula is C18H21F2N3O2. The summed E-state index contributed by atoms with van der Waals surface area (Å²) in [6.07, 6.45) is -3.06. The molecule has 2 heterocycles. The fraction of sp³-hybridized carbons (Fsp3) is 0.444. The highest BCUT2D eigenvalue weighted by Crippen LogP contribution is 2.29. The Morgan fingerprint density at radius 2 is 2.00 bits per heavy atom. The first-order valence-electron chi connectivity index (χ1n) is 8.29. The summed E-state index contributed by atoms with van der Waals surface area (Å²) in [5.41, 5.74) is 0.643. The van der Waals surface area contributed by atoms with E-state index < -0.39 is 6.43 Å². The van der Waals surface area contributed by atoms with Crippen LogP contribution in [0.3, 0.4) is 0 Å². The minimum absolute atomic E-state index is 0.00604.